The van der Waals surface area contributed by atoms with Gasteiger partial charge >= 0.3 is 0 Å². The third kappa shape index (κ3) is 4.94. The number of hydrogen-bond acceptors (Lipinski definition) is 3. The van der Waals surface area contributed by atoms with E-state index in [9.17, 15) is 0 Å². The molecular formula is C14H23NS2. The lowest BCUT2D eigenvalue weighted by atomic mass is 10.0. The quantitative estimate of drug-likeness (QED) is 0.587. The molecule has 0 aliphatic carbocycles. The summed E-state index contributed by atoms with van der Waals surface area (Å²) >= 11 is 0. The Labute approximate surface area is 114 Å². The second-order valence-electron chi connectivity index (χ2n) is 4.79. The van der Waals surface area contributed by atoms with Crippen LogP contribution >= 0.6 is 21.6 Å². The average Bonchev–Trinajstić information content (AvgIpc) is 2.28. The molecule has 0 aromatic heterocycles. The SMILES string of the molecule is CSSC(NC(C)C)c1ccc(C(C)C)cc1. The van der Waals surface area contributed by atoms with Crippen LogP contribution in [0.1, 0.15) is 50.1 Å². The molecule has 1 rings (SSSR count). The molecule has 96 valence electrons. The first-order chi connectivity index (χ1) is 8.04. The smallest absolute Gasteiger partial charge is 0.0894 e. The Morgan fingerprint density at radius 3 is 1.88 bits per heavy atom. The molecule has 1 N–H and O–H groups in total. The van der Waals surface area contributed by atoms with Gasteiger partial charge in [0.2, 0.25) is 0 Å². The van der Waals surface area contributed by atoms with Gasteiger partial charge in [0, 0.05) is 6.04 Å². The highest BCUT2D eigenvalue weighted by Gasteiger charge is 2.12. The summed E-state index contributed by atoms with van der Waals surface area (Å²) in [6.07, 6.45) is 2.13. The molecule has 1 nitrogen and oxygen atoms in total. The van der Waals surface area contributed by atoms with Gasteiger partial charge in [-0.05, 0) is 37.1 Å². The first-order valence-corrected chi connectivity index (χ1v) is 8.72. The molecule has 0 bridgehead atoms. The van der Waals surface area contributed by atoms with Crippen molar-refractivity contribution < 1.29 is 0 Å². The largest absolute Gasteiger partial charge is 0.299 e. The van der Waals surface area contributed by atoms with E-state index in [4.69, 9.17) is 0 Å². The molecule has 0 fully saturated rings. The minimum atomic E-state index is 0.381. The summed E-state index contributed by atoms with van der Waals surface area (Å²) in [5.74, 6) is 0.605. The Morgan fingerprint density at radius 1 is 0.941 bits per heavy atom. The van der Waals surface area contributed by atoms with Crippen LogP contribution in [-0.2, 0) is 0 Å². The van der Waals surface area contributed by atoms with Crippen LogP contribution in [0.15, 0.2) is 24.3 Å². The monoisotopic (exact) mass is 269 g/mol. The molecule has 17 heavy (non-hydrogen) atoms. The topological polar surface area (TPSA) is 12.0 Å². The fraction of sp³-hybridized carbons (Fsp3) is 0.571. The van der Waals surface area contributed by atoms with Gasteiger partial charge < -0.3 is 0 Å². The van der Waals surface area contributed by atoms with E-state index in [2.05, 4.69) is 63.5 Å². The van der Waals surface area contributed by atoms with Crippen molar-refractivity contribution in [3.63, 3.8) is 0 Å². The summed E-state index contributed by atoms with van der Waals surface area (Å²) < 4.78 is 0. The van der Waals surface area contributed by atoms with Crippen molar-refractivity contribution in [3.05, 3.63) is 35.4 Å². The van der Waals surface area contributed by atoms with E-state index in [0.717, 1.165) is 0 Å². The predicted octanol–water partition coefficient (Wildman–Crippen LogP) is 4.82. The molecule has 3 heteroatoms. The number of benzene rings is 1. The normalized spacial score (nSPS) is 13.4. The molecule has 0 aliphatic heterocycles. The minimum absolute atomic E-state index is 0.381. The zero-order valence-electron chi connectivity index (χ0n) is 11.4. The van der Waals surface area contributed by atoms with E-state index < -0.39 is 0 Å². The molecule has 0 saturated carbocycles. The zero-order valence-corrected chi connectivity index (χ0v) is 13.0. The second-order valence-corrected chi connectivity index (χ2v) is 7.36. The van der Waals surface area contributed by atoms with Crippen molar-refractivity contribution in [2.45, 2.75) is 45.0 Å². The maximum atomic E-state index is 3.59. The highest BCUT2D eigenvalue weighted by Crippen LogP contribution is 2.35. The van der Waals surface area contributed by atoms with E-state index in [-0.39, 0.29) is 0 Å². The van der Waals surface area contributed by atoms with E-state index in [1.165, 1.54) is 11.1 Å². The lowest BCUT2D eigenvalue weighted by Crippen LogP contribution is -2.25. The molecule has 1 unspecified atom stereocenters. The van der Waals surface area contributed by atoms with Gasteiger partial charge in [-0.2, -0.15) is 0 Å². The third-order valence-corrected chi connectivity index (χ3v) is 4.53. The van der Waals surface area contributed by atoms with Crippen LogP contribution in [0, 0.1) is 0 Å². The van der Waals surface area contributed by atoms with Gasteiger partial charge in [-0.15, -0.1) is 0 Å². The first-order valence-electron chi connectivity index (χ1n) is 6.10. The Hall–Kier alpha value is -0.120. The maximum absolute atomic E-state index is 3.59. The predicted molar refractivity (Wildman–Crippen MR) is 82.6 cm³/mol. The third-order valence-electron chi connectivity index (χ3n) is 2.58. The van der Waals surface area contributed by atoms with Crippen LogP contribution in [-0.4, -0.2) is 12.3 Å². The summed E-state index contributed by atoms with van der Waals surface area (Å²) in [7, 11) is 3.69. The van der Waals surface area contributed by atoms with Crippen molar-refractivity contribution in [1.29, 1.82) is 0 Å². The van der Waals surface area contributed by atoms with Crippen molar-refractivity contribution in [3.8, 4) is 0 Å². The maximum Gasteiger partial charge on any atom is 0.0894 e. The fourth-order valence-corrected chi connectivity index (χ4v) is 3.50. The zero-order chi connectivity index (χ0) is 12.8. The molecule has 0 radical (unpaired) electrons. The highest BCUT2D eigenvalue weighted by atomic mass is 33.1. The summed E-state index contributed by atoms with van der Waals surface area (Å²) in [5.41, 5.74) is 2.77. The molecule has 1 aromatic rings. The second kappa shape index (κ2) is 7.34. The average molecular weight is 269 g/mol. The Morgan fingerprint density at radius 2 is 1.47 bits per heavy atom. The van der Waals surface area contributed by atoms with Crippen molar-refractivity contribution in [1.82, 2.24) is 5.32 Å². The van der Waals surface area contributed by atoms with Gasteiger partial charge in [0.05, 0.1) is 5.37 Å². The molecule has 0 heterocycles. The molecular weight excluding hydrogens is 246 g/mol. The first kappa shape index (κ1) is 14.9. The van der Waals surface area contributed by atoms with Crippen molar-refractivity contribution in [2.24, 2.45) is 0 Å². The van der Waals surface area contributed by atoms with E-state index >= 15 is 0 Å². The van der Waals surface area contributed by atoms with E-state index in [0.29, 0.717) is 17.3 Å². The molecule has 0 amide bonds. The van der Waals surface area contributed by atoms with Gasteiger partial charge in [-0.3, -0.25) is 5.32 Å². The van der Waals surface area contributed by atoms with Crippen LogP contribution in [0.25, 0.3) is 0 Å². The molecule has 0 spiro atoms. The van der Waals surface area contributed by atoms with Crippen LogP contribution in [0.3, 0.4) is 0 Å². The van der Waals surface area contributed by atoms with Gasteiger partial charge in [0.1, 0.15) is 0 Å². The van der Waals surface area contributed by atoms with E-state index in [1.807, 2.05) is 21.6 Å². The van der Waals surface area contributed by atoms with Crippen LogP contribution in [0.5, 0.6) is 0 Å². The fourth-order valence-electron chi connectivity index (χ4n) is 1.63. The van der Waals surface area contributed by atoms with Gasteiger partial charge in [0.15, 0.2) is 0 Å². The van der Waals surface area contributed by atoms with Crippen LogP contribution in [0.2, 0.25) is 0 Å². The Balaban J connectivity index is 2.79. The van der Waals surface area contributed by atoms with Crippen molar-refractivity contribution >= 4 is 21.6 Å². The molecule has 1 aromatic carbocycles. The summed E-state index contributed by atoms with van der Waals surface area (Å²) in [4.78, 5) is 0. The lowest BCUT2D eigenvalue weighted by Gasteiger charge is -2.20. The van der Waals surface area contributed by atoms with Crippen molar-refractivity contribution in [2.75, 3.05) is 6.26 Å². The Kier molecular flexibility index (Phi) is 6.45. The number of nitrogens with one attached hydrogen (secondary N) is 1. The number of hydrogen-bond donors (Lipinski definition) is 1. The lowest BCUT2D eigenvalue weighted by molar-refractivity contribution is 0.580. The Bertz CT molecular complexity index is 319. The van der Waals surface area contributed by atoms with Gasteiger partial charge in [0.25, 0.3) is 0 Å². The summed E-state index contributed by atoms with van der Waals surface area (Å²) in [5, 5.41) is 3.97. The molecule has 0 aliphatic rings. The van der Waals surface area contributed by atoms with Crippen LogP contribution < -0.4 is 5.32 Å². The number of rotatable bonds is 6. The van der Waals surface area contributed by atoms with Gasteiger partial charge in [-0.25, -0.2) is 0 Å². The minimum Gasteiger partial charge on any atom is -0.299 e. The standard InChI is InChI=1S/C14H23NS2/c1-10(2)12-6-8-13(9-7-12)14(17-16-5)15-11(3)4/h6-11,14-15H,1-5H3. The summed E-state index contributed by atoms with van der Waals surface area (Å²) in [6.45, 7) is 8.84. The van der Waals surface area contributed by atoms with E-state index in [1.54, 1.807) is 0 Å². The summed E-state index contributed by atoms with van der Waals surface area (Å²) in [6, 6.07) is 9.49. The highest BCUT2D eigenvalue weighted by molar-refractivity contribution is 8.76. The molecule has 0 saturated heterocycles. The van der Waals surface area contributed by atoms with Gasteiger partial charge in [-0.1, -0.05) is 59.7 Å². The van der Waals surface area contributed by atoms with Crippen LogP contribution in [0.4, 0.5) is 0 Å². The molecule has 1 atom stereocenters.